The molecule has 1 saturated carbocycles. The minimum absolute atomic E-state index is 0.132. The number of methoxy groups -OCH3 is 1. The van der Waals surface area contributed by atoms with Crippen molar-refractivity contribution < 1.29 is 19.0 Å². The molecule has 0 bridgehead atoms. The topological polar surface area (TPSA) is 82.9 Å². The van der Waals surface area contributed by atoms with Gasteiger partial charge < -0.3 is 19.1 Å². The molecule has 0 radical (unpaired) electrons. The molecule has 2 fully saturated rings. The van der Waals surface area contributed by atoms with Crippen LogP contribution in [0.4, 0.5) is 0 Å². The Kier molecular flexibility index (Phi) is 4.85. The van der Waals surface area contributed by atoms with Gasteiger partial charge in [0.25, 0.3) is 5.56 Å². The Morgan fingerprint density at radius 2 is 2.03 bits per heavy atom. The van der Waals surface area contributed by atoms with Crippen molar-refractivity contribution in [3.63, 3.8) is 0 Å². The lowest BCUT2D eigenvalue weighted by molar-refractivity contribution is -0.134. The van der Waals surface area contributed by atoms with E-state index in [1.54, 1.807) is 42.8 Å². The quantitative estimate of drug-likeness (QED) is 0.723. The zero-order valence-corrected chi connectivity index (χ0v) is 17.7. The zero-order chi connectivity index (χ0) is 20.8. The molecule has 8 nitrogen and oxygen atoms in total. The number of amides is 1. The monoisotopic (exact) mass is 429 g/mol. The van der Waals surface area contributed by atoms with Crippen LogP contribution in [0.3, 0.4) is 0 Å². The smallest absolute Gasteiger partial charge is 0.267 e. The Morgan fingerprint density at radius 1 is 1.27 bits per heavy atom. The average molecular weight is 429 g/mol. The van der Waals surface area contributed by atoms with Crippen molar-refractivity contribution in [2.24, 2.45) is 0 Å². The molecule has 2 aliphatic heterocycles. The second-order valence-corrected chi connectivity index (χ2v) is 8.88. The lowest BCUT2D eigenvalue weighted by Crippen LogP contribution is -2.40. The fraction of sp³-hybridized carbons (Fsp3) is 0.476. The molecule has 1 aromatic heterocycles. The Morgan fingerprint density at radius 3 is 2.77 bits per heavy atom. The van der Waals surface area contributed by atoms with E-state index < -0.39 is 6.04 Å². The SMILES string of the molecule is COc1cc2c(cc1C1SCCN1C(=O)C(C)n1nc(C3CC3)ccc1=O)OCO2. The van der Waals surface area contributed by atoms with Gasteiger partial charge in [-0.2, -0.15) is 5.10 Å². The number of thioether (sulfide) groups is 1. The second kappa shape index (κ2) is 7.54. The van der Waals surface area contributed by atoms with Crippen LogP contribution in [0.5, 0.6) is 17.2 Å². The molecule has 1 amide bonds. The minimum atomic E-state index is -0.683. The summed E-state index contributed by atoms with van der Waals surface area (Å²) in [5.41, 5.74) is 1.49. The molecule has 1 saturated heterocycles. The fourth-order valence-electron chi connectivity index (χ4n) is 3.92. The summed E-state index contributed by atoms with van der Waals surface area (Å²) in [4.78, 5) is 27.7. The third-order valence-corrected chi connectivity index (χ3v) is 6.97. The summed E-state index contributed by atoms with van der Waals surface area (Å²) in [5, 5.41) is 4.26. The van der Waals surface area contributed by atoms with Crippen molar-refractivity contribution in [3.8, 4) is 17.2 Å². The van der Waals surface area contributed by atoms with Crippen LogP contribution >= 0.6 is 11.8 Å². The molecule has 158 valence electrons. The molecule has 2 atom stereocenters. The van der Waals surface area contributed by atoms with Gasteiger partial charge in [-0.05, 0) is 31.9 Å². The highest BCUT2D eigenvalue weighted by molar-refractivity contribution is 7.99. The predicted molar refractivity (Wildman–Crippen MR) is 111 cm³/mol. The first-order valence-electron chi connectivity index (χ1n) is 10.1. The summed E-state index contributed by atoms with van der Waals surface area (Å²) in [7, 11) is 1.60. The maximum Gasteiger partial charge on any atom is 0.267 e. The van der Waals surface area contributed by atoms with Crippen molar-refractivity contribution in [1.82, 2.24) is 14.7 Å². The van der Waals surface area contributed by atoms with Crippen molar-refractivity contribution in [1.29, 1.82) is 0 Å². The van der Waals surface area contributed by atoms with Crippen molar-refractivity contribution in [2.45, 2.75) is 37.1 Å². The van der Waals surface area contributed by atoms with E-state index in [2.05, 4.69) is 5.10 Å². The van der Waals surface area contributed by atoms with Crippen LogP contribution in [0.15, 0.2) is 29.1 Å². The number of hydrogen-bond acceptors (Lipinski definition) is 7. The number of hydrogen-bond donors (Lipinski definition) is 0. The lowest BCUT2D eigenvalue weighted by atomic mass is 10.1. The van der Waals surface area contributed by atoms with E-state index in [9.17, 15) is 9.59 Å². The molecule has 3 aliphatic rings. The number of aromatic nitrogens is 2. The molecule has 0 spiro atoms. The number of carbonyl (C=O) groups excluding carboxylic acids is 1. The van der Waals surface area contributed by atoms with Crippen LogP contribution in [-0.2, 0) is 4.79 Å². The first-order valence-corrected chi connectivity index (χ1v) is 11.1. The van der Waals surface area contributed by atoms with Crippen molar-refractivity contribution in [2.75, 3.05) is 26.2 Å². The van der Waals surface area contributed by atoms with Crippen LogP contribution < -0.4 is 19.8 Å². The number of rotatable bonds is 5. The summed E-state index contributed by atoms with van der Waals surface area (Å²) in [6, 6.07) is 6.29. The second-order valence-electron chi connectivity index (χ2n) is 7.69. The van der Waals surface area contributed by atoms with E-state index >= 15 is 0 Å². The van der Waals surface area contributed by atoms with Gasteiger partial charge in [-0.1, -0.05) is 0 Å². The molecular weight excluding hydrogens is 406 g/mol. The summed E-state index contributed by atoms with van der Waals surface area (Å²) in [6.07, 6.45) is 2.17. The third-order valence-electron chi connectivity index (χ3n) is 5.73. The molecule has 2 aromatic rings. The van der Waals surface area contributed by atoms with E-state index in [1.165, 1.54) is 10.7 Å². The lowest BCUT2D eigenvalue weighted by Gasteiger charge is -2.28. The summed E-state index contributed by atoms with van der Waals surface area (Å²) >= 11 is 1.66. The molecule has 1 aromatic carbocycles. The largest absolute Gasteiger partial charge is 0.496 e. The van der Waals surface area contributed by atoms with Crippen LogP contribution in [-0.4, -0.2) is 46.8 Å². The number of ether oxygens (including phenoxy) is 3. The molecule has 2 unspecified atom stereocenters. The third kappa shape index (κ3) is 3.30. The number of nitrogens with zero attached hydrogens (tertiary/aromatic N) is 3. The van der Waals surface area contributed by atoms with E-state index in [0.29, 0.717) is 29.7 Å². The first-order chi connectivity index (χ1) is 14.6. The standard InChI is InChI=1S/C21H23N3O5S/c1-12(24-19(25)6-5-15(22-24)13-3-4-13)20(26)23-7-8-30-21(23)14-9-17-18(29-11-28-17)10-16(14)27-2/h5-6,9-10,12-13,21H,3-4,7-8,11H2,1-2H3. The molecule has 9 heteroatoms. The van der Waals surface area contributed by atoms with Gasteiger partial charge in [0.15, 0.2) is 11.5 Å². The van der Waals surface area contributed by atoms with Gasteiger partial charge in [0.05, 0.1) is 12.8 Å². The fourth-order valence-corrected chi connectivity index (χ4v) is 5.20. The summed E-state index contributed by atoms with van der Waals surface area (Å²) < 4.78 is 17.9. The van der Waals surface area contributed by atoms with Crippen LogP contribution in [0, 0.1) is 0 Å². The molecule has 3 heterocycles. The van der Waals surface area contributed by atoms with Gasteiger partial charge >= 0.3 is 0 Å². The Balaban J connectivity index is 1.45. The van der Waals surface area contributed by atoms with Crippen molar-refractivity contribution >= 4 is 17.7 Å². The van der Waals surface area contributed by atoms with Gasteiger partial charge in [0, 0.05) is 35.9 Å². The van der Waals surface area contributed by atoms with Crippen LogP contribution in [0.25, 0.3) is 0 Å². The maximum atomic E-state index is 13.4. The maximum absolute atomic E-state index is 13.4. The van der Waals surface area contributed by atoms with Gasteiger partial charge in [-0.15, -0.1) is 11.8 Å². The number of fused-ring (bicyclic) bond motifs is 1. The molecule has 1 aliphatic carbocycles. The summed E-state index contributed by atoms with van der Waals surface area (Å²) in [6.45, 7) is 2.50. The Bertz CT molecular complexity index is 1050. The highest BCUT2D eigenvalue weighted by atomic mass is 32.2. The van der Waals surface area contributed by atoms with E-state index in [0.717, 1.165) is 29.9 Å². The van der Waals surface area contributed by atoms with Gasteiger partial charge in [0.1, 0.15) is 17.2 Å². The Hall–Kier alpha value is -2.68. The van der Waals surface area contributed by atoms with Gasteiger partial charge in [0.2, 0.25) is 12.7 Å². The van der Waals surface area contributed by atoms with Gasteiger partial charge in [-0.3, -0.25) is 9.59 Å². The first kappa shape index (κ1) is 19.3. The van der Waals surface area contributed by atoms with E-state index in [1.807, 2.05) is 6.07 Å². The van der Waals surface area contributed by atoms with Crippen LogP contribution in [0.1, 0.15) is 48.4 Å². The zero-order valence-electron chi connectivity index (χ0n) is 16.9. The van der Waals surface area contributed by atoms with Crippen molar-refractivity contribution in [3.05, 3.63) is 45.9 Å². The summed E-state index contributed by atoms with van der Waals surface area (Å²) in [5.74, 6) is 3.01. The highest BCUT2D eigenvalue weighted by Gasteiger charge is 2.37. The van der Waals surface area contributed by atoms with Crippen LogP contribution in [0.2, 0.25) is 0 Å². The molecule has 30 heavy (non-hydrogen) atoms. The molecular formula is C21H23N3O5S. The van der Waals surface area contributed by atoms with Gasteiger partial charge in [-0.25, -0.2) is 4.68 Å². The minimum Gasteiger partial charge on any atom is -0.496 e. The van der Waals surface area contributed by atoms with E-state index in [-0.39, 0.29) is 23.6 Å². The van der Waals surface area contributed by atoms with E-state index in [4.69, 9.17) is 14.2 Å². The highest BCUT2D eigenvalue weighted by Crippen LogP contribution is 2.47. The normalized spacial score (nSPS) is 21.0. The Labute approximate surface area is 178 Å². The average Bonchev–Trinajstić information content (AvgIpc) is 3.31. The molecule has 5 rings (SSSR count). The predicted octanol–water partition coefficient (Wildman–Crippen LogP) is 2.69. The number of carbonyl (C=O) groups is 1. The number of benzene rings is 1. The molecule has 0 N–H and O–H groups in total.